The number of ether oxygens (including phenoxy) is 1. The van der Waals surface area contributed by atoms with Gasteiger partial charge in [-0.1, -0.05) is 27.7 Å². The molecule has 0 aromatic heterocycles. The molecule has 1 aliphatic heterocycles. The van der Waals surface area contributed by atoms with Gasteiger partial charge >= 0.3 is 0 Å². The van der Waals surface area contributed by atoms with Gasteiger partial charge in [0.2, 0.25) is 0 Å². The van der Waals surface area contributed by atoms with E-state index in [0.29, 0.717) is 15.8 Å². The number of aliphatic imine (C=N–C) groups is 1. The molecule has 0 spiro atoms. The molecule has 0 unspecified atom stereocenters. The second-order valence-electron chi connectivity index (χ2n) is 3.91. The molecule has 0 aliphatic carbocycles. The van der Waals surface area contributed by atoms with Gasteiger partial charge in [0.05, 0.1) is 23.7 Å². The fourth-order valence-electron chi connectivity index (χ4n) is 1.65. The Morgan fingerprint density at radius 3 is 2.86 bits per heavy atom. The molecule has 5 nitrogen and oxygen atoms in total. The molecule has 2 rings (SSSR count). The molecule has 21 heavy (non-hydrogen) atoms. The van der Waals surface area contributed by atoms with Gasteiger partial charge in [-0.25, -0.2) is 0 Å². The van der Waals surface area contributed by atoms with Crippen LogP contribution in [0.5, 0.6) is 5.75 Å². The van der Waals surface area contributed by atoms with Crippen LogP contribution in [0.15, 0.2) is 26.1 Å². The number of thioether (sulfide) groups is 1. The summed E-state index contributed by atoms with van der Waals surface area (Å²) in [6.07, 6.45) is 0. The second kappa shape index (κ2) is 7.57. The van der Waals surface area contributed by atoms with E-state index in [2.05, 4.69) is 47.5 Å². The number of thiocarbonyl (C=S) groups is 1. The maximum absolute atomic E-state index is 12.3. The Labute approximate surface area is 148 Å². The minimum atomic E-state index is -0.352. The van der Waals surface area contributed by atoms with Gasteiger partial charge in [-0.2, -0.15) is 0 Å². The molecule has 0 radical (unpaired) electrons. The van der Waals surface area contributed by atoms with Gasteiger partial charge < -0.3 is 10.1 Å². The van der Waals surface area contributed by atoms with Crippen LogP contribution in [0, 0.1) is 0 Å². The Balaban J connectivity index is 2.11. The highest BCUT2D eigenvalue weighted by Crippen LogP contribution is 2.32. The topological polar surface area (TPSA) is 62.7 Å². The van der Waals surface area contributed by atoms with Gasteiger partial charge in [0.25, 0.3) is 5.91 Å². The third kappa shape index (κ3) is 4.41. The fraction of sp³-hybridized carbons (Fsp3) is 0.250. The number of carbonyl (C=O) groups is 1. The first kappa shape index (κ1) is 16.7. The Morgan fingerprint density at radius 1 is 1.48 bits per heavy atom. The Kier molecular flexibility index (Phi) is 6.03. The van der Waals surface area contributed by atoms with Crippen LogP contribution >= 0.6 is 55.8 Å². The third-order valence-electron chi connectivity index (χ3n) is 2.49. The molecule has 0 saturated heterocycles. The Bertz CT molecular complexity index is 623. The lowest BCUT2D eigenvalue weighted by atomic mass is 10.2. The van der Waals surface area contributed by atoms with Crippen molar-refractivity contribution in [1.29, 1.82) is 0 Å². The van der Waals surface area contributed by atoms with Crippen LogP contribution < -0.4 is 15.4 Å². The number of halogens is 2. The summed E-state index contributed by atoms with van der Waals surface area (Å²) in [5.41, 5.74) is 0.379. The molecule has 112 valence electrons. The summed E-state index contributed by atoms with van der Waals surface area (Å²) in [6.45, 7) is 0.760. The highest BCUT2D eigenvalue weighted by molar-refractivity contribution is 9.11. The van der Waals surface area contributed by atoms with Crippen LogP contribution in [0.1, 0.15) is 10.4 Å². The van der Waals surface area contributed by atoms with E-state index in [9.17, 15) is 4.79 Å². The average Bonchev–Trinajstić information content (AvgIpc) is 2.90. The van der Waals surface area contributed by atoms with Crippen molar-refractivity contribution in [3.05, 3.63) is 26.6 Å². The van der Waals surface area contributed by atoms with Gasteiger partial charge in [-0.15, -0.1) is 0 Å². The maximum atomic E-state index is 12.3. The molecule has 1 aliphatic rings. The van der Waals surface area contributed by atoms with Crippen molar-refractivity contribution in [3.8, 4) is 5.75 Å². The van der Waals surface area contributed by atoms with Gasteiger partial charge in [0, 0.05) is 10.2 Å². The molecule has 1 amide bonds. The Hall–Kier alpha value is -0.640. The van der Waals surface area contributed by atoms with E-state index >= 15 is 0 Å². The van der Waals surface area contributed by atoms with Crippen molar-refractivity contribution in [3.63, 3.8) is 0 Å². The zero-order valence-electron chi connectivity index (χ0n) is 10.9. The summed E-state index contributed by atoms with van der Waals surface area (Å²) in [5.74, 6) is 1.02. The van der Waals surface area contributed by atoms with Crippen LogP contribution in [-0.2, 0) is 0 Å². The summed E-state index contributed by atoms with van der Waals surface area (Å²) in [7, 11) is 1.51. The predicted octanol–water partition coefficient (Wildman–Crippen LogP) is 2.93. The Morgan fingerprint density at radius 2 is 2.24 bits per heavy atom. The van der Waals surface area contributed by atoms with Gasteiger partial charge in [-0.05, 0) is 40.3 Å². The minimum absolute atomic E-state index is 0.214. The number of carbonyl (C=O) groups excluding carboxylic acids is 1. The van der Waals surface area contributed by atoms with E-state index in [1.165, 1.54) is 7.11 Å². The van der Waals surface area contributed by atoms with Crippen LogP contribution in [0.2, 0.25) is 0 Å². The first-order chi connectivity index (χ1) is 10.0. The zero-order valence-corrected chi connectivity index (χ0v) is 15.7. The van der Waals surface area contributed by atoms with E-state index in [4.69, 9.17) is 17.0 Å². The number of hydrogen-bond acceptors (Lipinski definition) is 5. The molecular formula is C12H11Br2N3O2S2. The summed E-state index contributed by atoms with van der Waals surface area (Å²) in [6, 6.07) is 3.47. The molecule has 2 N–H and O–H groups in total. The van der Waals surface area contributed by atoms with E-state index in [-0.39, 0.29) is 11.0 Å². The number of amidine groups is 1. The van der Waals surface area contributed by atoms with E-state index < -0.39 is 0 Å². The van der Waals surface area contributed by atoms with Crippen molar-refractivity contribution in [2.24, 2.45) is 4.99 Å². The van der Waals surface area contributed by atoms with Crippen molar-refractivity contribution < 1.29 is 9.53 Å². The van der Waals surface area contributed by atoms with Gasteiger partial charge in [-0.3, -0.25) is 15.1 Å². The largest absolute Gasteiger partial charge is 0.495 e. The number of amides is 1. The smallest absolute Gasteiger partial charge is 0.261 e. The molecule has 0 fully saturated rings. The van der Waals surface area contributed by atoms with E-state index in [0.717, 1.165) is 21.9 Å². The molecule has 0 saturated carbocycles. The quantitative estimate of drug-likeness (QED) is 0.675. The highest BCUT2D eigenvalue weighted by Gasteiger charge is 2.18. The number of methoxy groups -OCH3 is 1. The van der Waals surface area contributed by atoms with E-state index in [1.54, 1.807) is 23.9 Å². The maximum Gasteiger partial charge on any atom is 0.261 e. The van der Waals surface area contributed by atoms with Crippen molar-refractivity contribution in [1.82, 2.24) is 10.6 Å². The summed E-state index contributed by atoms with van der Waals surface area (Å²) in [5, 5.41) is 6.45. The van der Waals surface area contributed by atoms with Crippen molar-refractivity contribution >= 4 is 72.0 Å². The number of hydrogen-bond donors (Lipinski definition) is 2. The molecule has 1 heterocycles. The number of nitrogens with zero attached hydrogens (tertiary/aromatic N) is 1. The third-order valence-corrected chi connectivity index (χ3v) is 4.63. The monoisotopic (exact) mass is 451 g/mol. The highest BCUT2D eigenvalue weighted by atomic mass is 79.9. The van der Waals surface area contributed by atoms with Crippen molar-refractivity contribution in [2.75, 3.05) is 19.4 Å². The minimum Gasteiger partial charge on any atom is -0.495 e. The standard InChI is InChI=1S/C12H11Br2N3O2S2/c1-19-9-7(4-6(13)5-8(9)14)10(18)16-11(20)17-12-15-2-3-21-12/h4-5H,2-3H2,1H3,(H2,15,16,17,18,20). The summed E-state index contributed by atoms with van der Waals surface area (Å²) >= 11 is 13.4. The lowest BCUT2D eigenvalue weighted by Crippen LogP contribution is -2.41. The molecular weight excluding hydrogens is 442 g/mol. The predicted molar refractivity (Wildman–Crippen MR) is 96.4 cm³/mol. The molecule has 1 aromatic carbocycles. The first-order valence-corrected chi connectivity index (χ1v) is 8.82. The second-order valence-corrected chi connectivity index (χ2v) is 7.17. The fourth-order valence-corrected chi connectivity index (χ4v) is 4.02. The van der Waals surface area contributed by atoms with Crippen LogP contribution in [0.4, 0.5) is 0 Å². The normalized spacial score (nSPS) is 13.6. The lowest BCUT2D eigenvalue weighted by molar-refractivity contribution is 0.0974. The summed E-state index contributed by atoms with van der Waals surface area (Å²) < 4.78 is 6.69. The molecule has 0 bridgehead atoms. The molecule has 1 aromatic rings. The number of rotatable bonds is 2. The molecule has 0 atom stereocenters. The SMILES string of the molecule is COc1c(Br)cc(Br)cc1C(=O)NC(=S)NC1=NCCS1. The number of benzene rings is 1. The average molecular weight is 453 g/mol. The zero-order chi connectivity index (χ0) is 15.4. The molecule has 9 heteroatoms. The van der Waals surface area contributed by atoms with Crippen LogP contribution in [0.25, 0.3) is 0 Å². The van der Waals surface area contributed by atoms with Crippen LogP contribution in [0.3, 0.4) is 0 Å². The first-order valence-electron chi connectivity index (χ1n) is 5.84. The van der Waals surface area contributed by atoms with E-state index in [1.807, 2.05) is 0 Å². The van der Waals surface area contributed by atoms with Gasteiger partial charge in [0.1, 0.15) is 5.75 Å². The summed E-state index contributed by atoms with van der Waals surface area (Å²) in [4.78, 5) is 16.5. The van der Waals surface area contributed by atoms with Crippen LogP contribution in [-0.4, -0.2) is 35.6 Å². The van der Waals surface area contributed by atoms with Crippen molar-refractivity contribution in [2.45, 2.75) is 0 Å². The van der Waals surface area contributed by atoms with Gasteiger partial charge in [0.15, 0.2) is 10.3 Å². The number of nitrogens with one attached hydrogen (secondary N) is 2. The lowest BCUT2D eigenvalue weighted by Gasteiger charge is -2.12.